The van der Waals surface area contributed by atoms with E-state index in [4.69, 9.17) is 21.7 Å². The maximum absolute atomic E-state index is 12.5. The Hall–Kier alpha value is -2.32. The van der Waals surface area contributed by atoms with Crippen LogP contribution in [0.15, 0.2) is 35.8 Å². The lowest BCUT2D eigenvalue weighted by atomic mass is 10.1. The molecule has 0 bridgehead atoms. The molecule has 1 aliphatic rings. The third kappa shape index (κ3) is 4.61. The average Bonchev–Trinajstić information content (AvgIpc) is 2.85. The minimum atomic E-state index is -1.23. The molecule has 8 heteroatoms. The quantitative estimate of drug-likeness (QED) is 0.386. The van der Waals surface area contributed by atoms with Crippen molar-refractivity contribution < 1.29 is 24.2 Å². The monoisotopic (exact) mass is 378 g/mol. The average molecular weight is 378 g/mol. The number of carbonyl (C=O) groups excluding carboxylic acids is 2. The number of benzene rings is 1. The molecule has 0 saturated carbocycles. The van der Waals surface area contributed by atoms with Gasteiger partial charge >= 0.3 is 0 Å². The van der Waals surface area contributed by atoms with Crippen LogP contribution in [-0.4, -0.2) is 41.4 Å². The van der Waals surface area contributed by atoms with Gasteiger partial charge in [0.05, 0.1) is 12.0 Å². The van der Waals surface area contributed by atoms with Crippen LogP contribution in [0, 0.1) is 0 Å². The highest BCUT2D eigenvalue weighted by Crippen LogP contribution is 2.37. The normalized spacial score (nSPS) is 15.6. The molecule has 1 fully saturated rings. The number of methoxy groups -OCH3 is 1. The molecule has 1 heterocycles. The summed E-state index contributed by atoms with van der Waals surface area (Å²) >= 11 is 6.27. The summed E-state index contributed by atoms with van der Waals surface area (Å²) in [4.78, 5) is 24.7. The SMILES string of the molecule is C=CCOc1c(/C=C2\SC(=S)N(CCC(=O)[O-])C2=O)cccc1OC. The number of carboxylic acid groups (broad SMARTS) is 1. The third-order valence-corrected chi connectivity index (χ3v) is 4.65. The van der Waals surface area contributed by atoms with Crippen LogP contribution in [0.2, 0.25) is 0 Å². The standard InChI is InChI=1S/C17H17NO5S2/c1-3-9-23-15-11(5-4-6-12(15)22-2)10-13-16(21)18(17(24)25-13)8-7-14(19)20/h3-6,10H,1,7-9H2,2H3,(H,19,20)/p-1/b13-10-. The Balaban J connectivity index is 2.31. The van der Waals surface area contributed by atoms with E-state index in [0.29, 0.717) is 26.3 Å². The Morgan fingerprint density at radius 3 is 2.88 bits per heavy atom. The van der Waals surface area contributed by atoms with Crippen LogP contribution in [0.3, 0.4) is 0 Å². The van der Waals surface area contributed by atoms with Crippen molar-refractivity contribution in [2.45, 2.75) is 6.42 Å². The smallest absolute Gasteiger partial charge is 0.266 e. The third-order valence-electron chi connectivity index (χ3n) is 3.27. The number of hydrogen-bond donors (Lipinski definition) is 0. The fourth-order valence-corrected chi connectivity index (χ4v) is 3.44. The highest BCUT2D eigenvalue weighted by atomic mass is 32.2. The summed E-state index contributed by atoms with van der Waals surface area (Å²) in [7, 11) is 1.53. The summed E-state index contributed by atoms with van der Waals surface area (Å²) in [5.41, 5.74) is 0.654. The zero-order valence-electron chi connectivity index (χ0n) is 13.5. The number of thiocarbonyl (C=S) groups is 1. The first kappa shape index (κ1) is 19.0. The number of aliphatic carboxylic acids is 1. The van der Waals surface area contributed by atoms with Crippen molar-refractivity contribution in [1.82, 2.24) is 4.90 Å². The fourth-order valence-electron chi connectivity index (χ4n) is 2.14. The Bertz CT molecular complexity index is 745. The van der Waals surface area contributed by atoms with Gasteiger partial charge in [-0.05, 0) is 12.1 Å². The number of carboxylic acids is 1. The molecule has 2 rings (SSSR count). The number of carbonyl (C=O) groups is 2. The molecule has 6 nitrogen and oxygen atoms in total. The van der Waals surface area contributed by atoms with E-state index >= 15 is 0 Å². The second-order valence-corrected chi connectivity index (χ2v) is 6.61. The van der Waals surface area contributed by atoms with Gasteiger partial charge in [0, 0.05) is 24.5 Å². The Morgan fingerprint density at radius 2 is 2.24 bits per heavy atom. The first-order chi connectivity index (χ1) is 12.0. The molecule has 0 spiro atoms. The molecule has 0 N–H and O–H groups in total. The van der Waals surface area contributed by atoms with Crippen LogP contribution in [-0.2, 0) is 9.59 Å². The molecular weight excluding hydrogens is 362 g/mol. The van der Waals surface area contributed by atoms with E-state index in [0.717, 1.165) is 11.8 Å². The zero-order chi connectivity index (χ0) is 18.4. The molecule has 1 aromatic rings. The zero-order valence-corrected chi connectivity index (χ0v) is 15.2. The number of thioether (sulfide) groups is 1. The Morgan fingerprint density at radius 1 is 1.48 bits per heavy atom. The van der Waals surface area contributed by atoms with E-state index in [2.05, 4.69) is 6.58 Å². The molecule has 0 aliphatic carbocycles. The number of hydrogen-bond acceptors (Lipinski definition) is 7. The molecular formula is C17H16NO5S2-. The highest BCUT2D eigenvalue weighted by Gasteiger charge is 2.31. The predicted octanol–water partition coefficient (Wildman–Crippen LogP) is 1.60. The lowest BCUT2D eigenvalue weighted by Crippen LogP contribution is -2.33. The van der Waals surface area contributed by atoms with E-state index in [1.54, 1.807) is 30.4 Å². The van der Waals surface area contributed by atoms with E-state index in [-0.39, 0.29) is 25.5 Å². The summed E-state index contributed by atoms with van der Waals surface area (Å²) in [5, 5.41) is 10.6. The van der Waals surface area contributed by atoms with Crippen molar-refractivity contribution >= 4 is 46.3 Å². The van der Waals surface area contributed by atoms with Gasteiger partial charge in [0.25, 0.3) is 5.91 Å². The second kappa shape index (κ2) is 8.68. The maximum atomic E-state index is 12.5. The number of para-hydroxylation sites is 1. The number of nitrogens with zero attached hydrogens (tertiary/aromatic N) is 1. The lowest BCUT2D eigenvalue weighted by molar-refractivity contribution is -0.305. The van der Waals surface area contributed by atoms with Gasteiger partial charge in [-0.25, -0.2) is 0 Å². The predicted molar refractivity (Wildman–Crippen MR) is 98.2 cm³/mol. The molecule has 132 valence electrons. The summed E-state index contributed by atoms with van der Waals surface area (Å²) in [6, 6.07) is 5.32. The fraction of sp³-hybridized carbons (Fsp3) is 0.235. The number of ether oxygens (including phenoxy) is 2. The van der Waals surface area contributed by atoms with Crippen LogP contribution in [0.4, 0.5) is 0 Å². The molecule has 0 atom stereocenters. The van der Waals surface area contributed by atoms with Gasteiger partial charge in [-0.1, -0.05) is 48.8 Å². The molecule has 0 unspecified atom stereocenters. The van der Waals surface area contributed by atoms with E-state index in [9.17, 15) is 14.7 Å². The second-order valence-electron chi connectivity index (χ2n) is 4.93. The number of rotatable bonds is 8. The molecule has 1 aromatic carbocycles. The van der Waals surface area contributed by atoms with Crippen molar-refractivity contribution in [3.05, 3.63) is 41.3 Å². The van der Waals surface area contributed by atoms with Crippen LogP contribution in [0.1, 0.15) is 12.0 Å². The van der Waals surface area contributed by atoms with Crippen LogP contribution >= 0.6 is 24.0 Å². The maximum Gasteiger partial charge on any atom is 0.266 e. The van der Waals surface area contributed by atoms with Crippen molar-refractivity contribution in [3.8, 4) is 11.5 Å². The molecule has 0 aromatic heterocycles. The van der Waals surface area contributed by atoms with Crippen molar-refractivity contribution in [2.75, 3.05) is 20.3 Å². The first-order valence-electron chi connectivity index (χ1n) is 7.33. The summed E-state index contributed by atoms with van der Waals surface area (Å²) < 4.78 is 11.3. The first-order valence-corrected chi connectivity index (χ1v) is 8.56. The van der Waals surface area contributed by atoms with Crippen LogP contribution in [0.25, 0.3) is 6.08 Å². The molecule has 0 radical (unpaired) electrons. The molecule has 1 amide bonds. The topological polar surface area (TPSA) is 78.9 Å². The van der Waals surface area contributed by atoms with Gasteiger partial charge in [-0.3, -0.25) is 9.69 Å². The Labute approximate surface area is 155 Å². The molecule has 1 saturated heterocycles. The Kier molecular flexibility index (Phi) is 6.60. The largest absolute Gasteiger partial charge is 0.550 e. The van der Waals surface area contributed by atoms with Crippen molar-refractivity contribution in [1.29, 1.82) is 0 Å². The minimum absolute atomic E-state index is 0.0116. The van der Waals surface area contributed by atoms with Gasteiger partial charge in [-0.2, -0.15) is 0 Å². The van der Waals surface area contributed by atoms with E-state index < -0.39 is 5.97 Å². The van der Waals surface area contributed by atoms with E-state index in [1.807, 2.05) is 0 Å². The van der Waals surface area contributed by atoms with Crippen molar-refractivity contribution in [3.63, 3.8) is 0 Å². The van der Waals surface area contributed by atoms with Gasteiger partial charge in [0.1, 0.15) is 10.9 Å². The van der Waals surface area contributed by atoms with E-state index in [1.165, 1.54) is 12.0 Å². The van der Waals surface area contributed by atoms with Gasteiger partial charge < -0.3 is 19.4 Å². The number of amides is 1. The summed E-state index contributed by atoms with van der Waals surface area (Å²) in [5.74, 6) is -0.549. The highest BCUT2D eigenvalue weighted by molar-refractivity contribution is 8.26. The van der Waals surface area contributed by atoms with Gasteiger partial charge in [0.2, 0.25) is 0 Å². The van der Waals surface area contributed by atoms with Crippen molar-refractivity contribution in [2.24, 2.45) is 0 Å². The lowest BCUT2D eigenvalue weighted by Gasteiger charge is -2.14. The molecule has 1 aliphatic heterocycles. The summed E-state index contributed by atoms with van der Waals surface area (Å²) in [6.45, 7) is 3.89. The summed E-state index contributed by atoms with van der Waals surface area (Å²) in [6.07, 6.45) is 2.99. The van der Waals surface area contributed by atoms with Crippen LogP contribution in [0.5, 0.6) is 11.5 Å². The van der Waals surface area contributed by atoms with Gasteiger partial charge in [-0.15, -0.1) is 0 Å². The minimum Gasteiger partial charge on any atom is -0.550 e. The molecule has 25 heavy (non-hydrogen) atoms. The van der Waals surface area contributed by atoms with Crippen LogP contribution < -0.4 is 14.6 Å². The van der Waals surface area contributed by atoms with Gasteiger partial charge in [0.15, 0.2) is 11.5 Å².